The Morgan fingerprint density at radius 1 is 0.333 bits per heavy atom. The zero-order valence-corrected chi connectivity index (χ0v) is 29.4. The van der Waals surface area contributed by atoms with Gasteiger partial charge in [0.25, 0.3) is 0 Å². The Hall–Kier alpha value is -7.16. The highest BCUT2D eigenvalue weighted by atomic mass is 16.3. The van der Waals surface area contributed by atoms with E-state index in [-0.39, 0.29) is 0 Å². The normalized spacial score (nSPS) is 11.7. The predicted octanol–water partition coefficient (Wildman–Crippen LogP) is 15.0. The van der Waals surface area contributed by atoms with Crippen LogP contribution in [0.2, 0.25) is 0 Å². The minimum absolute atomic E-state index is 0.868. The van der Waals surface area contributed by atoms with Crippen LogP contribution in [-0.4, -0.2) is 0 Å². The average Bonchev–Trinajstić information content (AvgIpc) is 3.64. The SMILES string of the molecule is c1ccc(-c2c(-c3cccc(N(c4ccc5ccccc5c4)c4cccc5oc6c7ccccc7ccc6c45)c3)c3ccccc3c3ccccc23)cc1. The first-order chi connectivity index (χ1) is 26.8. The number of furan rings is 1. The van der Waals surface area contributed by atoms with Gasteiger partial charge in [-0.15, -0.1) is 0 Å². The van der Waals surface area contributed by atoms with Crippen molar-refractivity contribution in [3.8, 4) is 22.3 Å². The van der Waals surface area contributed by atoms with E-state index in [9.17, 15) is 0 Å². The van der Waals surface area contributed by atoms with E-state index in [4.69, 9.17) is 4.42 Å². The van der Waals surface area contributed by atoms with E-state index < -0.39 is 0 Å². The minimum atomic E-state index is 0.868. The van der Waals surface area contributed by atoms with Gasteiger partial charge in [0.15, 0.2) is 0 Å². The third-order valence-electron chi connectivity index (χ3n) is 11.0. The van der Waals surface area contributed by atoms with Gasteiger partial charge in [-0.25, -0.2) is 0 Å². The quantitative estimate of drug-likeness (QED) is 0.168. The van der Waals surface area contributed by atoms with E-state index in [1.165, 1.54) is 54.4 Å². The Kier molecular flexibility index (Phi) is 6.90. The van der Waals surface area contributed by atoms with Gasteiger partial charge in [0.1, 0.15) is 11.2 Å². The van der Waals surface area contributed by atoms with Crippen LogP contribution in [-0.2, 0) is 0 Å². The molecule has 0 bridgehead atoms. The van der Waals surface area contributed by atoms with Crippen molar-refractivity contribution in [2.45, 2.75) is 0 Å². The maximum Gasteiger partial charge on any atom is 0.143 e. The summed E-state index contributed by atoms with van der Waals surface area (Å²) in [5.74, 6) is 0. The summed E-state index contributed by atoms with van der Waals surface area (Å²) in [6.07, 6.45) is 0. The number of anilines is 3. The van der Waals surface area contributed by atoms with Crippen molar-refractivity contribution in [3.05, 3.63) is 200 Å². The summed E-state index contributed by atoms with van der Waals surface area (Å²) in [7, 11) is 0. The molecule has 54 heavy (non-hydrogen) atoms. The van der Waals surface area contributed by atoms with Crippen molar-refractivity contribution in [1.29, 1.82) is 0 Å². The summed E-state index contributed by atoms with van der Waals surface area (Å²) >= 11 is 0. The van der Waals surface area contributed by atoms with Crippen molar-refractivity contribution in [2.24, 2.45) is 0 Å². The van der Waals surface area contributed by atoms with Crippen LogP contribution in [0.25, 0.3) is 87.3 Å². The maximum atomic E-state index is 6.72. The molecule has 0 radical (unpaired) electrons. The Labute approximate surface area is 312 Å². The second-order valence-electron chi connectivity index (χ2n) is 14.0. The van der Waals surface area contributed by atoms with Gasteiger partial charge in [-0.3, -0.25) is 0 Å². The van der Waals surface area contributed by atoms with Gasteiger partial charge in [0.05, 0.1) is 11.1 Å². The van der Waals surface area contributed by atoms with Crippen molar-refractivity contribution < 1.29 is 4.42 Å². The minimum Gasteiger partial charge on any atom is -0.455 e. The fourth-order valence-electron chi connectivity index (χ4n) is 8.61. The molecule has 2 nitrogen and oxygen atoms in total. The van der Waals surface area contributed by atoms with Gasteiger partial charge in [-0.1, -0.05) is 158 Å². The van der Waals surface area contributed by atoms with E-state index in [1.807, 2.05) is 0 Å². The van der Waals surface area contributed by atoms with E-state index in [2.05, 4.69) is 205 Å². The fourth-order valence-corrected chi connectivity index (χ4v) is 8.61. The van der Waals surface area contributed by atoms with Crippen LogP contribution in [0.15, 0.2) is 205 Å². The molecule has 0 N–H and O–H groups in total. The molecule has 0 aliphatic rings. The lowest BCUT2D eigenvalue weighted by molar-refractivity contribution is 0.672. The standard InChI is InChI=1S/C52H33NO/c1-2-16-36(17-3-1)49-44-24-10-8-22-42(44)43-23-9-11-25-45(43)50(49)38-19-12-20-39(33-38)53(40-30-28-34-14-4-5-18-37(34)32-40)47-26-13-27-48-51(47)46-31-29-35-15-6-7-21-41(35)52(46)54-48/h1-33H. The number of nitrogens with zero attached hydrogens (tertiary/aromatic N) is 1. The van der Waals surface area contributed by atoms with Crippen LogP contribution < -0.4 is 4.90 Å². The summed E-state index contributed by atoms with van der Waals surface area (Å²) in [6.45, 7) is 0. The van der Waals surface area contributed by atoms with Crippen molar-refractivity contribution in [2.75, 3.05) is 4.90 Å². The molecule has 0 aliphatic heterocycles. The maximum absolute atomic E-state index is 6.72. The highest BCUT2D eigenvalue weighted by Gasteiger charge is 2.23. The monoisotopic (exact) mass is 687 g/mol. The predicted molar refractivity (Wildman–Crippen MR) is 229 cm³/mol. The van der Waals surface area contributed by atoms with Crippen LogP contribution in [0.4, 0.5) is 17.1 Å². The second-order valence-corrected chi connectivity index (χ2v) is 14.0. The van der Waals surface area contributed by atoms with E-state index in [0.29, 0.717) is 0 Å². The summed E-state index contributed by atoms with van der Waals surface area (Å²) in [4.78, 5) is 2.41. The van der Waals surface area contributed by atoms with Crippen molar-refractivity contribution >= 4 is 82.1 Å². The number of hydrogen-bond donors (Lipinski definition) is 0. The van der Waals surface area contributed by atoms with Gasteiger partial charge >= 0.3 is 0 Å². The number of hydrogen-bond acceptors (Lipinski definition) is 2. The molecule has 0 saturated heterocycles. The average molecular weight is 688 g/mol. The number of benzene rings is 10. The van der Waals surface area contributed by atoms with Crippen LogP contribution in [0.3, 0.4) is 0 Å². The molecule has 0 amide bonds. The van der Waals surface area contributed by atoms with Gasteiger partial charge in [-0.05, 0) is 102 Å². The van der Waals surface area contributed by atoms with Crippen LogP contribution in [0.1, 0.15) is 0 Å². The molecule has 0 saturated carbocycles. The molecule has 0 spiro atoms. The third kappa shape index (κ3) is 4.74. The molecule has 0 atom stereocenters. The van der Waals surface area contributed by atoms with Gasteiger partial charge in [-0.2, -0.15) is 0 Å². The lowest BCUT2D eigenvalue weighted by Crippen LogP contribution is -2.10. The Balaban J connectivity index is 1.22. The lowest BCUT2D eigenvalue weighted by Gasteiger charge is -2.27. The first-order valence-corrected chi connectivity index (χ1v) is 18.5. The molecule has 0 aliphatic carbocycles. The number of fused-ring (bicyclic) bond motifs is 9. The third-order valence-corrected chi connectivity index (χ3v) is 11.0. The van der Waals surface area contributed by atoms with E-state index >= 15 is 0 Å². The summed E-state index contributed by atoms with van der Waals surface area (Å²) in [5.41, 5.74) is 9.85. The van der Waals surface area contributed by atoms with Crippen molar-refractivity contribution in [1.82, 2.24) is 0 Å². The molecule has 11 aromatic rings. The molecule has 11 rings (SSSR count). The van der Waals surface area contributed by atoms with Crippen LogP contribution >= 0.6 is 0 Å². The fraction of sp³-hybridized carbons (Fsp3) is 0. The highest BCUT2D eigenvalue weighted by Crippen LogP contribution is 2.48. The molecule has 252 valence electrons. The summed E-state index contributed by atoms with van der Waals surface area (Å²) in [5, 5.41) is 11.9. The van der Waals surface area contributed by atoms with E-state index in [1.54, 1.807) is 0 Å². The summed E-state index contributed by atoms with van der Waals surface area (Å²) in [6, 6.07) is 72.3. The largest absolute Gasteiger partial charge is 0.455 e. The number of rotatable bonds is 5. The summed E-state index contributed by atoms with van der Waals surface area (Å²) < 4.78 is 6.72. The van der Waals surface area contributed by atoms with Crippen LogP contribution in [0, 0.1) is 0 Å². The Morgan fingerprint density at radius 3 is 1.69 bits per heavy atom. The molecular formula is C52H33NO. The first kappa shape index (κ1) is 30.5. The Bertz CT molecular complexity index is 3230. The molecule has 1 heterocycles. The van der Waals surface area contributed by atoms with Crippen LogP contribution in [0.5, 0.6) is 0 Å². The highest BCUT2D eigenvalue weighted by molar-refractivity contribution is 6.22. The Morgan fingerprint density at radius 2 is 0.907 bits per heavy atom. The smallest absolute Gasteiger partial charge is 0.143 e. The zero-order chi connectivity index (χ0) is 35.6. The molecule has 0 unspecified atom stereocenters. The molecular weight excluding hydrogens is 655 g/mol. The van der Waals surface area contributed by atoms with Gasteiger partial charge in [0, 0.05) is 22.1 Å². The molecule has 2 heteroatoms. The van der Waals surface area contributed by atoms with Crippen molar-refractivity contribution in [3.63, 3.8) is 0 Å². The zero-order valence-electron chi connectivity index (χ0n) is 29.4. The van der Waals surface area contributed by atoms with E-state index in [0.717, 1.165) is 50.0 Å². The van der Waals surface area contributed by atoms with Gasteiger partial charge < -0.3 is 9.32 Å². The topological polar surface area (TPSA) is 16.4 Å². The molecule has 0 fully saturated rings. The molecule has 10 aromatic carbocycles. The lowest BCUT2D eigenvalue weighted by atomic mass is 9.85. The first-order valence-electron chi connectivity index (χ1n) is 18.5. The second kappa shape index (κ2) is 12.2. The van der Waals surface area contributed by atoms with Gasteiger partial charge in [0.2, 0.25) is 0 Å². The molecule has 1 aromatic heterocycles.